The predicted molar refractivity (Wildman–Crippen MR) is 91.5 cm³/mol. The van der Waals surface area contributed by atoms with Crippen LogP contribution in [0.2, 0.25) is 0 Å². The van der Waals surface area contributed by atoms with E-state index in [9.17, 15) is 19.7 Å². The van der Waals surface area contributed by atoms with Gasteiger partial charge in [-0.05, 0) is 44.2 Å². The Morgan fingerprint density at radius 2 is 1.50 bits per heavy atom. The van der Waals surface area contributed by atoms with Gasteiger partial charge in [0.15, 0.2) is 0 Å². The van der Waals surface area contributed by atoms with Crippen LogP contribution in [0.3, 0.4) is 0 Å². The Hall–Kier alpha value is -3.42. The van der Waals surface area contributed by atoms with Gasteiger partial charge in [-0.2, -0.15) is 0 Å². The van der Waals surface area contributed by atoms with E-state index < -0.39 is 16.9 Å². The molecule has 26 heavy (non-hydrogen) atoms. The van der Waals surface area contributed by atoms with Crippen LogP contribution in [-0.4, -0.2) is 30.1 Å². The molecule has 0 aromatic heterocycles. The third-order valence-corrected chi connectivity index (χ3v) is 3.26. The molecule has 8 heteroatoms. The first-order chi connectivity index (χ1) is 12.5. The molecule has 2 aromatic rings. The second kappa shape index (κ2) is 8.61. The molecule has 0 fully saturated rings. The summed E-state index contributed by atoms with van der Waals surface area (Å²) in [5.74, 6) is -0.634. The Labute approximate surface area is 149 Å². The molecule has 0 spiro atoms. The Morgan fingerprint density at radius 3 is 2.08 bits per heavy atom. The Kier molecular flexibility index (Phi) is 6.26. The van der Waals surface area contributed by atoms with E-state index >= 15 is 0 Å². The number of carbonyl (C=O) groups excluding carboxylic acids is 2. The van der Waals surface area contributed by atoms with E-state index in [0.717, 1.165) is 0 Å². The van der Waals surface area contributed by atoms with Crippen molar-refractivity contribution in [2.24, 2.45) is 0 Å². The van der Waals surface area contributed by atoms with E-state index in [4.69, 9.17) is 14.2 Å². The van der Waals surface area contributed by atoms with Gasteiger partial charge in [0.2, 0.25) is 0 Å². The van der Waals surface area contributed by atoms with Crippen LogP contribution in [0.15, 0.2) is 42.5 Å². The molecule has 0 atom stereocenters. The summed E-state index contributed by atoms with van der Waals surface area (Å²) in [6.45, 7) is 3.69. The maximum atomic E-state index is 11.9. The van der Waals surface area contributed by atoms with Gasteiger partial charge in [0, 0.05) is 12.1 Å². The van der Waals surface area contributed by atoms with Crippen LogP contribution in [0, 0.1) is 10.1 Å². The topological polar surface area (TPSA) is 105 Å². The Balaban J connectivity index is 2.24. The second-order valence-corrected chi connectivity index (χ2v) is 5.00. The summed E-state index contributed by atoms with van der Waals surface area (Å²) in [6, 6.07) is 9.97. The van der Waals surface area contributed by atoms with E-state index in [1.807, 2.05) is 0 Å². The maximum Gasteiger partial charge on any atom is 0.345 e. The Morgan fingerprint density at radius 1 is 0.923 bits per heavy atom. The lowest BCUT2D eigenvalue weighted by molar-refractivity contribution is -0.385. The molecule has 2 rings (SSSR count). The first kappa shape index (κ1) is 18.9. The van der Waals surface area contributed by atoms with Gasteiger partial charge in [-0.3, -0.25) is 10.1 Å². The summed E-state index contributed by atoms with van der Waals surface area (Å²) in [5, 5.41) is 11.1. The highest BCUT2D eigenvalue weighted by molar-refractivity contribution is 5.94. The van der Waals surface area contributed by atoms with Gasteiger partial charge >= 0.3 is 11.9 Å². The molecule has 0 aliphatic carbocycles. The lowest BCUT2D eigenvalue weighted by Gasteiger charge is -2.09. The summed E-state index contributed by atoms with van der Waals surface area (Å²) in [7, 11) is 0. The molecule has 2 aromatic carbocycles. The molecule has 0 bridgehead atoms. The van der Waals surface area contributed by atoms with E-state index in [0.29, 0.717) is 11.3 Å². The van der Waals surface area contributed by atoms with Crippen LogP contribution in [-0.2, 0) is 9.47 Å². The number of hydrogen-bond donors (Lipinski definition) is 0. The van der Waals surface area contributed by atoms with Crippen molar-refractivity contribution >= 4 is 17.6 Å². The minimum absolute atomic E-state index is 0.0936. The maximum absolute atomic E-state index is 11.9. The second-order valence-electron chi connectivity index (χ2n) is 5.00. The monoisotopic (exact) mass is 359 g/mol. The van der Waals surface area contributed by atoms with Gasteiger partial charge in [0.1, 0.15) is 17.1 Å². The fourth-order valence-electron chi connectivity index (χ4n) is 2.12. The van der Waals surface area contributed by atoms with Gasteiger partial charge in [-0.1, -0.05) is 0 Å². The lowest BCUT2D eigenvalue weighted by Crippen LogP contribution is -2.08. The van der Waals surface area contributed by atoms with Crippen molar-refractivity contribution in [2.75, 3.05) is 13.2 Å². The van der Waals surface area contributed by atoms with Crippen molar-refractivity contribution in [1.29, 1.82) is 0 Å². The van der Waals surface area contributed by atoms with Gasteiger partial charge in [0.25, 0.3) is 5.69 Å². The molecule has 0 saturated carbocycles. The number of nitro benzene ring substituents is 1. The van der Waals surface area contributed by atoms with Gasteiger partial charge in [0.05, 0.1) is 23.7 Å². The van der Waals surface area contributed by atoms with Crippen LogP contribution in [0.25, 0.3) is 0 Å². The summed E-state index contributed by atoms with van der Waals surface area (Å²) in [6.07, 6.45) is 0. The van der Waals surface area contributed by atoms with Gasteiger partial charge in [-0.25, -0.2) is 9.59 Å². The van der Waals surface area contributed by atoms with E-state index in [-0.39, 0.29) is 30.2 Å². The number of nitrogens with zero attached hydrogens (tertiary/aromatic N) is 1. The molecule has 0 aliphatic rings. The third-order valence-electron chi connectivity index (χ3n) is 3.26. The number of hydrogen-bond acceptors (Lipinski definition) is 7. The number of ether oxygens (including phenoxy) is 3. The third kappa shape index (κ3) is 4.56. The van der Waals surface area contributed by atoms with Crippen molar-refractivity contribution in [1.82, 2.24) is 0 Å². The molecule has 0 unspecified atom stereocenters. The molecule has 0 N–H and O–H groups in total. The molecule has 0 radical (unpaired) electrons. The highest BCUT2D eigenvalue weighted by Crippen LogP contribution is 2.28. The smallest absolute Gasteiger partial charge is 0.345 e. The number of benzene rings is 2. The zero-order valence-corrected chi connectivity index (χ0v) is 14.3. The minimum Gasteiger partial charge on any atom is -0.462 e. The normalized spacial score (nSPS) is 10.1. The number of carbonyl (C=O) groups is 2. The lowest BCUT2D eigenvalue weighted by atomic mass is 10.1. The molecule has 8 nitrogen and oxygen atoms in total. The summed E-state index contributed by atoms with van der Waals surface area (Å²) >= 11 is 0. The van der Waals surface area contributed by atoms with Crippen molar-refractivity contribution in [3.05, 3.63) is 63.7 Å². The SMILES string of the molecule is CCOC(=O)c1ccc(Oc2ccc([N+](=O)[O-])c(C(=O)OCC)c2)cc1. The van der Waals surface area contributed by atoms with Gasteiger partial charge < -0.3 is 14.2 Å². The van der Waals surface area contributed by atoms with Crippen molar-refractivity contribution in [2.45, 2.75) is 13.8 Å². The predicted octanol–water partition coefficient (Wildman–Crippen LogP) is 3.74. The fraction of sp³-hybridized carbons (Fsp3) is 0.222. The fourth-order valence-corrected chi connectivity index (χ4v) is 2.12. The number of nitro groups is 1. The highest BCUT2D eigenvalue weighted by Gasteiger charge is 2.22. The minimum atomic E-state index is -0.803. The number of rotatable bonds is 7. The summed E-state index contributed by atoms with van der Waals surface area (Å²) in [5.41, 5.74) is -0.193. The van der Waals surface area contributed by atoms with Crippen LogP contribution >= 0.6 is 0 Å². The van der Waals surface area contributed by atoms with Crippen molar-refractivity contribution in [3.8, 4) is 11.5 Å². The zero-order valence-electron chi connectivity index (χ0n) is 14.3. The Bertz CT molecular complexity index is 815. The first-order valence-electron chi connectivity index (χ1n) is 7.86. The van der Waals surface area contributed by atoms with E-state index in [2.05, 4.69) is 0 Å². The summed E-state index contributed by atoms with van der Waals surface area (Å²) in [4.78, 5) is 33.9. The van der Waals surface area contributed by atoms with Crippen LogP contribution in [0.1, 0.15) is 34.6 Å². The van der Waals surface area contributed by atoms with Gasteiger partial charge in [-0.15, -0.1) is 0 Å². The van der Waals surface area contributed by atoms with E-state index in [1.165, 1.54) is 30.3 Å². The standard InChI is InChI=1S/C18H17NO7/c1-3-24-17(20)12-5-7-13(8-6-12)26-14-9-10-16(19(22)23)15(11-14)18(21)25-4-2/h5-11H,3-4H2,1-2H3. The number of esters is 2. The van der Waals surface area contributed by atoms with Crippen LogP contribution < -0.4 is 4.74 Å². The molecule has 0 saturated heterocycles. The zero-order chi connectivity index (χ0) is 19.1. The average molecular weight is 359 g/mol. The largest absolute Gasteiger partial charge is 0.462 e. The van der Waals surface area contributed by atoms with E-state index in [1.54, 1.807) is 26.0 Å². The molecule has 0 heterocycles. The molecule has 0 amide bonds. The van der Waals surface area contributed by atoms with Crippen molar-refractivity contribution < 1.29 is 28.7 Å². The van der Waals surface area contributed by atoms with Crippen molar-refractivity contribution in [3.63, 3.8) is 0 Å². The average Bonchev–Trinajstić information content (AvgIpc) is 2.62. The highest BCUT2D eigenvalue weighted by atomic mass is 16.6. The molecular formula is C18H17NO7. The van der Waals surface area contributed by atoms with Crippen LogP contribution in [0.5, 0.6) is 11.5 Å². The molecule has 0 aliphatic heterocycles. The van der Waals surface area contributed by atoms with Crippen LogP contribution in [0.4, 0.5) is 5.69 Å². The molecular weight excluding hydrogens is 342 g/mol. The quantitative estimate of drug-likeness (QED) is 0.421. The summed E-state index contributed by atoms with van der Waals surface area (Å²) < 4.78 is 15.3. The molecule has 136 valence electrons. The first-order valence-corrected chi connectivity index (χ1v) is 7.86.